The summed E-state index contributed by atoms with van der Waals surface area (Å²) in [5.74, 6) is 0.370. The average Bonchev–Trinajstić information content (AvgIpc) is 2.62. The van der Waals surface area contributed by atoms with Gasteiger partial charge in [0.25, 0.3) is 0 Å². The minimum absolute atomic E-state index is 0.370. The van der Waals surface area contributed by atoms with Crippen LogP contribution in [0.2, 0.25) is 0 Å². The number of anilines is 1. The predicted molar refractivity (Wildman–Crippen MR) is 49.4 cm³/mol. The number of hydrogen-bond donors (Lipinski definition) is 2. The van der Waals surface area contributed by atoms with Gasteiger partial charge in [0, 0.05) is 7.11 Å². The molecule has 0 fully saturated rings. The molecule has 0 radical (unpaired) electrons. The highest BCUT2D eigenvalue weighted by Gasteiger charge is 2.12. The summed E-state index contributed by atoms with van der Waals surface area (Å²) in [6.07, 6.45) is 0.320. The Morgan fingerprint density at radius 1 is 1.57 bits per heavy atom. The van der Waals surface area contributed by atoms with E-state index < -0.39 is 6.29 Å². The van der Waals surface area contributed by atoms with Crippen molar-refractivity contribution < 1.29 is 9.84 Å². The predicted octanol–water partition coefficient (Wildman–Crippen LogP) is -0.0512. The topological polar surface area (TPSA) is 85.7 Å². The van der Waals surface area contributed by atoms with Crippen LogP contribution in [0.5, 0.6) is 0 Å². The number of fused-ring (bicyclic) bond motifs is 1. The summed E-state index contributed by atoms with van der Waals surface area (Å²) >= 11 is 0. The number of methoxy groups -OCH3 is 1. The highest BCUT2D eigenvalue weighted by Crippen LogP contribution is 2.18. The Morgan fingerprint density at radius 3 is 3.07 bits per heavy atom. The number of nitrogens with two attached hydrogens (primary N) is 1. The Bertz CT molecular complexity index is 454. The fourth-order valence-electron chi connectivity index (χ4n) is 1.28. The molecule has 0 aliphatic heterocycles. The van der Waals surface area contributed by atoms with Crippen molar-refractivity contribution in [3.8, 4) is 0 Å². The van der Waals surface area contributed by atoms with Gasteiger partial charge in [-0.25, -0.2) is 9.50 Å². The van der Waals surface area contributed by atoms with Gasteiger partial charge in [0.2, 0.25) is 0 Å². The molecule has 2 aromatic rings. The number of aromatic nitrogens is 3. The second-order valence-corrected chi connectivity index (χ2v) is 2.79. The zero-order chi connectivity index (χ0) is 10.1. The second-order valence-electron chi connectivity index (χ2n) is 2.79. The van der Waals surface area contributed by atoms with Gasteiger partial charge in [-0.15, -0.1) is 0 Å². The molecule has 1 unspecified atom stereocenters. The van der Waals surface area contributed by atoms with Gasteiger partial charge in [-0.05, 0) is 12.1 Å². The number of nitrogen functional groups attached to an aromatic ring is 1. The number of aliphatic hydroxyl groups excluding tert-OH is 1. The van der Waals surface area contributed by atoms with Crippen LogP contribution in [0.3, 0.4) is 0 Å². The fraction of sp³-hybridized carbons (Fsp3) is 0.250. The Kier molecular flexibility index (Phi) is 2.06. The molecule has 0 amide bonds. The van der Waals surface area contributed by atoms with Gasteiger partial charge in [0.05, 0.1) is 5.69 Å². The fourth-order valence-corrected chi connectivity index (χ4v) is 1.28. The third-order valence-corrected chi connectivity index (χ3v) is 1.99. The third kappa shape index (κ3) is 1.21. The van der Waals surface area contributed by atoms with Crippen LogP contribution >= 0.6 is 0 Å². The van der Waals surface area contributed by atoms with Crippen LogP contribution in [-0.4, -0.2) is 26.8 Å². The molecule has 0 saturated heterocycles. The van der Waals surface area contributed by atoms with Gasteiger partial charge in [0.1, 0.15) is 11.8 Å². The van der Waals surface area contributed by atoms with Crippen LogP contribution in [0, 0.1) is 0 Å². The lowest BCUT2D eigenvalue weighted by Gasteiger charge is -2.07. The summed E-state index contributed by atoms with van der Waals surface area (Å²) in [5.41, 5.74) is 6.79. The molecule has 2 rings (SSSR count). The lowest BCUT2D eigenvalue weighted by molar-refractivity contribution is -0.0808. The van der Waals surface area contributed by atoms with E-state index >= 15 is 0 Å². The van der Waals surface area contributed by atoms with E-state index in [1.165, 1.54) is 18.0 Å². The summed E-state index contributed by atoms with van der Waals surface area (Å²) in [4.78, 5) is 3.83. The van der Waals surface area contributed by atoms with Crippen molar-refractivity contribution in [3.63, 3.8) is 0 Å². The monoisotopic (exact) mass is 194 g/mol. The highest BCUT2D eigenvalue weighted by molar-refractivity contribution is 5.65. The lowest BCUT2D eigenvalue weighted by Crippen LogP contribution is -2.07. The first kappa shape index (κ1) is 8.92. The summed E-state index contributed by atoms with van der Waals surface area (Å²) in [5, 5.41) is 13.4. The molecule has 0 spiro atoms. The number of rotatable bonds is 2. The summed E-state index contributed by atoms with van der Waals surface area (Å²) < 4.78 is 6.27. The standard InChI is InChI=1S/C8H10N4O2/c1-14-8(13)6-3-2-5-7(9)10-4-11-12(5)6/h2-4,8,13H,1H3,(H2,9,10,11). The van der Waals surface area contributed by atoms with E-state index in [9.17, 15) is 5.11 Å². The van der Waals surface area contributed by atoms with Gasteiger partial charge in [-0.1, -0.05) is 0 Å². The van der Waals surface area contributed by atoms with Crippen molar-refractivity contribution in [2.24, 2.45) is 0 Å². The molecule has 6 nitrogen and oxygen atoms in total. The third-order valence-electron chi connectivity index (χ3n) is 1.99. The van der Waals surface area contributed by atoms with Gasteiger partial charge in [-0.3, -0.25) is 0 Å². The van der Waals surface area contributed by atoms with Crippen LogP contribution in [0.25, 0.3) is 5.52 Å². The largest absolute Gasteiger partial charge is 0.382 e. The Morgan fingerprint density at radius 2 is 2.36 bits per heavy atom. The maximum atomic E-state index is 9.46. The molecule has 0 saturated carbocycles. The van der Waals surface area contributed by atoms with Gasteiger partial charge < -0.3 is 15.6 Å². The van der Waals surface area contributed by atoms with Crippen LogP contribution in [0.15, 0.2) is 18.5 Å². The minimum atomic E-state index is -1.01. The van der Waals surface area contributed by atoms with Crippen molar-refractivity contribution >= 4 is 11.3 Å². The van der Waals surface area contributed by atoms with Crippen molar-refractivity contribution in [2.45, 2.75) is 6.29 Å². The zero-order valence-corrected chi connectivity index (χ0v) is 7.58. The summed E-state index contributed by atoms with van der Waals surface area (Å²) in [7, 11) is 1.41. The maximum absolute atomic E-state index is 9.46. The van der Waals surface area contributed by atoms with Crippen LogP contribution in [-0.2, 0) is 4.74 Å². The normalized spacial score (nSPS) is 13.3. The van der Waals surface area contributed by atoms with E-state index in [0.29, 0.717) is 17.0 Å². The lowest BCUT2D eigenvalue weighted by atomic mass is 10.4. The number of aliphatic hydroxyl groups is 1. The average molecular weight is 194 g/mol. The molecule has 0 aliphatic carbocycles. The number of hydrogen-bond acceptors (Lipinski definition) is 5. The number of ether oxygens (including phenoxy) is 1. The Balaban J connectivity index is 2.63. The van der Waals surface area contributed by atoms with Crippen molar-refractivity contribution in [1.29, 1.82) is 0 Å². The van der Waals surface area contributed by atoms with E-state index in [2.05, 4.69) is 10.1 Å². The van der Waals surface area contributed by atoms with Gasteiger partial charge in [-0.2, -0.15) is 5.10 Å². The zero-order valence-electron chi connectivity index (χ0n) is 7.58. The molecule has 6 heteroatoms. The summed E-state index contributed by atoms with van der Waals surface area (Å²) in [6, 6.07) is 3.42. The molecular formula is C8H10N4O2. The number of nitrogens with zero attached hydrogens (tertiary/aromatic N) is 3. The second kappa shape index (κ2) is 3.24. The van der Waals surface area contributed by atoms with E-state index in [-0.39, 0.29) is 0 Å². The molecule has 2 aromatic heterocycles. The molecule has 0 aliphatic rings. The van der Waals surface area contributed by atoms with Crippen molar-refractivity contribution in [2.75, 3.05) is 12.8 Å². The van der Waals surface area contributed by atoms with Crippen LogP contribution in [0.1, 0.15) is 12.0 Å². The minimum Gasteiger partial charge on any atom is -0.382 e. The molecule has 0 bridgehead atoms. The molecular weight excluding hydrogens is 184 g/mol. The first-order valence-electron chi connectivity index (χ1n) is 4.03. The first-order chi connectivity index (χ1) is 6.74. The molecule has 3 N–H and O–H groups in total. The SMILES string of the molecule is COC(O)c1ccc2c(N)ncnn12. The highest BCUT2D eigenvalue weighted by atomic mass is 16.6. The smallest absolute Gasteiger partial charge is 0.198 e. The molecule has 1 atom stereocenters. The molecule has 74 valence electrons. The van der Waals surface area contributed by atoms with E-state index in [4.69, 9.17) is 10.5 Å². The van der Waals surface area contributed by atoms with Gasteiger partial charge in [0.15, 0.2) is 12.1 Å². The molecule has 0 aromatic carbocycles. The van der Waals surface area contributed by atoms with Crippen LogP contribution in [0.4, 0.5) is 5.82 Å². The molecule has 2 heterocycles. The Labute approximate surface area is 79.9 Å². The molecule has 14 heavy (non-hydrogen) atoms. The quantitative estimate of drug-likeness (QED) is 0.654. The van der Waals surface area contributed by atoms with Crippen LogP contribution < -0.4 is 5.73 Å². The van der Waals surface area contributed by atoms with Crippen molar-refractivity contribution in [3.05, 3.63) is 24.2 Å². The summed E-state index contributed by atoms with van der Waals surface area (Å²) in [6.45, 7) is 0. The van der Waals surface area contributed by atoms with Crippen molar-refractivity contribution in [1.82, 2.24) is 14.6 Å². The van der Waals surface area contributed by atoms with E-state index in [1.807, 2.05) is 0 Å². The Hall–Kier alpha value is -1.66. The first-order valence-corrected chi connectivity index (χ1v) is 4.03. The maximum Gasteiger partial charge on any atom is 0.198 e. The van der Waals surface area contributed by atoms with E-state index in [0.717, 1.165) is 0 Å². The van der Waals surface area contributed by atoms with E-state index in [1.54, 1.807) is 12.1 Å². The van der Waals surface area contributed by atoms with Gasteiger partial charge >= 0.3 is 0 Å².